The highest BCUT2D eigenvalue weighted by Crippen LogP contribution is 2.07. The van der Waals surface area contributed by atoms with Crippen LogP contribution in [0.25, 0.3) is 0 Å². The zero-order valence-electron chi connectivity index (χ0n) is 6.74. The van der Waals surface area contributed by atoms with Crippen molar-refractivity contribution in [3.8, 4) is 0 Å². The molecular formula is C9H8Cl2O2. The Balaban J connectivity index is 2.40. The van der Waals surface area contributed by atoms with E-state index < -0.39 is 10.8 Å². The lowest BCUT2D eigenvalue weighted by Gasteiger charge is -2.04. The van der Waals surface area contributed by atoms with E-state index in [1.54, 1.807) is 0 Å². The van der Waals surface area contributed by atoms with Crippen molar-refractivity contribution in [1.29, 1.82) is 0 Å². The van der Waals surface area contributed by atoms with E-state index in [-0.39, 0.29) is 6.61 Å². The van der Waals surface area contributed by atoms with E-state index in [0.29, 0.717) is 0 Å². The molecule has 0 saturated carbocycles. The van der Waals surface area contributed by atoms with Gasteiger partial charge in [-0.25, -0.2) is 4.79 Å². The van der Waals surface area contributed by atoms with Gasteiger partial charge in [0.2, 0.25) is 4.84 Å². The maximum absolute atomic E-state index is 10.8. The number of halogens is 2. The second-order valence-electron chi connectivity index (χ2n) is 2.39. The number of rotatable bonds is 3. The van der Waals surface area contributed by atoms with Gasteiger partial charge in [0.05, 0.1) is 0 Å². The molecule has 0 radical (unpaired) electrons. The van der Waals surface area contributed by atoms with Crippen molar-refractivity contribution >= 4 is 29.2 Å². The van der Waals surface area contributed by atoms with Gasteiger partial charge in [0.1, 0.15) is 6.61 Å². The fourth-order valence-corrected chi connectivity index (χ4v) is 0.918. The predicted molar refractivity (Wildman–Crippen MR) is 51.7 cm³/mol. The van der Waals surface area contributed by atoms with Crippen molar-refractivity contribution in [1.82, 2.24) is 0 Å². The summed E-state index contributed by atoms with van der Waals surface area (Å²) in [4.78, 5) is 9.72. The molecule has 0 aliphatic heterocycles. The maximum Gasteiger partial charge on any atom is 0.339 e. The van der Waals surface area contributed by atoms with E-state index in [1.165, 1.54) is 0 Å². The molecule has 0 unspecified atom stereocenters. The topological polar surface area (TPSA) is 26.3 Å². The summed E-state index contributed by atoms with van der Waals surface area (Å²) in [7, 11) is 0. The van der Waals surface area contributed by atoms with Gasteiger partial charge < -0.3 is 4.74 Å². The van der Waals surface area contributed by atoms with Gasteiger partial charge in [-0.3, -0.25) is 0 Å². The fourth-order valence-electron chi connectivity index (χ4n) is 0.792. The van der Waals surface area contributed by atoms with Gasteiger partial charge in [0.15, 0.2) is 0 Å². The van der Waals surface area contributed by atoms with E-state index in [4.69, 9.17) is 27.9 Å². The van der Waals surface area contributed by atoms with Gasteiger partial charge in [-0.05, 0) is 5.56 Å². The average molecular weight is 219 g/mol. The van der Waals surface area contributed by atoms with Gasteiger partial charge in [0, 0.05) is 0 Å². The molecule has 0 saturated heterocycles. The van der Waals surface area contributed by atoms with E-state index in [1.807, 2.05) is 30.3 Å². The number of carbonyl (C=O) groups is 1. The molecule has 13 heavy (non-hydrogen) atoms. The van der Waals surface area contributed by atoms with E-state index in [2.05, 4.69) is 0 Å². The number of benzene rings is 1. The monoisotopic (exact) mass is 218 g/mol. The van der Waals surface area contributed by atoms with Crippen molar-refractivity contribution in [3.05, 3.63) is 35.9 Å². The number of hydrogen-bond donors (Lipinski definition) is 0. The Morgan fingerprint density at radius 2 is 1.92 bits per heavy atom. The Morgan fingerprint density at radius 3 is 2.46 bits per heavy atom. The number of alkyl halides is 2. The van der Waals surface area contributed by atoms with Gasteiger partial charge in [-0.1, -0.05) is 53.5 Å². The average Bonchev–Trinajstić information content (AvgIpc) is 2.15. The number of ether oxygens (including phenoxy) is 1. The van der Waals surface area contributed by atoms with Crippen LogP contribution in [0.4, 0.5) is 0 Å². The number of carbonyl (C=O) groups excluding carboxylic acids is 1. The largest absolute Gasteiger partial charge is 0.459 e. The molecule has 4 heteroatoms. The Kier molecular flexibility index (Phi) is 4.06. The Labute approximate surface area is 86.4 Å². The van der Waals surface area contributed by atoms with Crippen molar-refractivity contribution in [2.45, 2.75) is 11.4 Å². The SMILES string of the molecule is O=C(OCc1ccccc1)C(Cl)Cl. The van der Waals surface area contributed by atoms with Crippen LogP contribution in [0.1, 0.15) is 5.56 Å². The van der Waals surface area contributed by atoms with Crippen LogP contribution in [0, 0.1) is 0 Å². The van der Waals surface area contributed by atoms with Crippen LogP contribution in [0.15, 0.2) is 30.3 Å². The molecule has 0 atom stereocenters. The first-order valence-corrected chi connectivity index (χ1v) is 4.56. The summed E-state index contributed by atoms with van der Waals surface area (Å²) >= 11 is 10.6. The molecule has 0 aliphatic rings. The molecule has 0 aromatic heterocycles. The molecule has 0 N–H and O–H groups in total. The van der Waals surface area contributed by atoms with Crippen LogP contribution < -0.4 is 0 Å². The van der Waals surface area contributed by atoms with Gasteiger partial charge in [-0.15, -0.1) is 0 Å². The van der Waals surface area contributed by atoms with E-state index in [9.17, 15) is 4.79 Å². The lowest BCUT2D eigenvalue weighted by atomic mass is 10.2. The minimum absolute atomic E-state index is 0.204. The molecule has 0 fully saturated rings. The van der Waals surface area contributed by atoms with Gasteiger partial charge in [-0.2, -0.15) is 0 Å². The zero-order chi connectivity index (χ0) is 9.68. The summed E-state index contributed by atoms with van der Waals surface area (Å²) in [5.41, 5.74) is 0.907. The van der Waals surface area contributed by atoms with Crippen LogP contribution >= 0.6 is 23.2 Å². The minimum Gasteiger partial charge on any atom is -0.459 e. The van der Waals surface area contributed by atoms with Gasteiger partial charge in [0.25, 0.3) is 0 Å². The minimum atomic E-state index is -1.11. The molecular weight excluding hydrogens is 211 g/mol. The molecule has 0 heterocycles. The van der Waals surface area contributed by atoms with E-state index >= 15 is 0 Å². The fraction of sp³-hybridized carbons (Fsp3) is 0.222. The lowest BCUT2D eigenvalue weighted by molar-refractivity contribution is -0.142. The highest BCUT2D eigenvalue weighted by Gasteiger charge is 2.12. The summed E-state index contributed by atoms with van der Waals surface area (Å²) in [6.45, 7) is 0.204. The zero-order valence-corrected chi connectivity index (χ0v) is 8.26. The molecule has 1 aromatic rings. The Morgan fingerprint density at radius 1 is 1.31 bits per heavy atom. The molecule has 0 spiro atoms. The quantitative estimate of drug-likeness (QED) is 0.576. The van der Waals surface area contributed by atoms with E-state index in [0.717, 1.165) is 5.56 Å². The summed E-state index contributed by atoms with van der Waals surface area (Å²) in [6, 6.07) is 9.32. The van der Waals surface area contributed by atoms with Crippen molar-refractivity contribution in [3.63, 3.8) is 0 Å². The Bertz CT molecular complexity index is 272. The van der Waals surface area contributed by atoms with Crippen LogP contribution in [0.3, 0.4) is 0 Å². The normalized spacial score (nSPS) is 10.1. The molecule has 0 bridgehead atoms. The second-order valence-corrected chi connectivity index (χ2v) is 3.49. The van der Waals surface area contributed by atoms with Crippen molar-refractivity contribution in [2.75, 3.05) is 0 Å². The van der Waals surface area contributed by atoms with Crippen LogP contribution in [-0.4, -0.2) is 10.8 Å². The standard InChI is InChI=1S/C9H8Cl2O2/c10-8(11)9(12)13-6-7-4-2-1-3-5-7/h1-5,8H,6H2. The summed E-state index contributed by atoms with van der Waals surface area (Å²) < 4.78 is 4.79. The summed E-state index contributed by atoms with van der Waals surface area (Å²) in [6.07, 6.45) is 0. The number of esters is 1. The van der Waals surface area contributed by atoms with Crippen LogP contribution in [0.2, 0.25) is 0 Å². The predicted octanol–water partition coefficient (Wildman–Crippen LogP) is 2.53. The highest BCUT2D eigenvalue weighted by atomic mass is 35.5. The lowest BCUT2D eigenvalue weighted by Crippen LogP contribution is -2.11. The van der Waals surface area contributed by atoms with Crippen LogP contribution in [-0.2, 0) is 16.1 Å². The maximum atomic E-state index is 10.8. The third-order valence-electron chi connectivity index (χ3n) is 1.40. The number of hydrogen-bond acceptors (Lipinski definition) is 2. The molecule has 2 nitrogen and oxygen atoms in total. The van der Waals surface area contributed by atoms with Gasteiger partial charge >= 0.3 is 5.97 Å². The molecule has 70 valence electrons. The smallest absolute Gasteiger partial charge is 0.339 e. The first-order valence-electron chi connectivity index (χ1n) is 3.69. The van der Waals surface area contributed by atoms with Crippen molar-refractivity contribution in [2.24, 2.45) is 0 Å². The first-order chi connectivity index (χ1) is 6.20. The Hall–Kier alpha value is -0.730. The molecule has 0 amide bonds. The highest BCUT2D eigenvalue weighted by molar-refractivity contribution is 6.52. The summed E-state index contributed by atoms with van der Waals surface area (Å²) in [5.74, 6) is -0.618. The third kappa shape index (κ3) is 3.66. The second kappa shape index (κ2) is 5.10. The third-order valence-corrected chi connectivity index (χ3v) is 1.76. The molecule has 1 aromatic carbocycles. The first kappa shape index (κ1) is 10.4. The van der Waals surface area contributed by atoms with Crippen LogP contribution in [0.5, 0.6) is 0 Å². The molecule has 0 aliphatic carbocycles. The summed E-state index contributed by atoms with van der Waals surface area (Å²) in [5, 5.41) is 0. The van der Waals surface area contributed by atoms with Crippen molar-refractivity contribution < 1.29 is 9.53 Å². The molecule has 1 rings (SSSR count).